The van der Waals surface area contributed by atoms with E-state index in [2.05, 4.69) is 18.2 Å². The van der Waals surface area contributed by atoms with E-state index in [-0.39, 0.29) is 17.1 Å². The first-order valence-corrected chi connectivity index (χ1v) is 15.2. The SMILES string of the molecule is CC(C)(O)c1ccccc1OCC(SCC1(CC(=O)O)CC1)c1cccc(/C=C/c2ccc3ccc(Cl)cc3n2)c1. The largest absolute Gasteiger partial charge is 0.492 e. The van der Waals surface area contributed by atoms with Gasteiger partial charge in [-0.3, -0.25) is 4.79 Å². The van der Waals surface area contributed by atoms with Gasteiger partial charge in [0.2, 0.25) is 0 Å². The standard InChI is InChI=1S/C34H34ClNO4S/c1-33(2,39)28-8-3-4-9-30(28)40-21-31(41-22-34(16-17-34)20-32(37)38)25-7-5-6-23(18-25)10-14-27-15-12-24-11-13-26(35)19-29(24)36-27/h3-15,18-19,31,39H,16-17,20-22H2,1-2H3,(H,37,38)/b14-10+. The van der Waals surface area contributed by atoms with E-state index in [9.17, 15) is 15.0 Å². The van der Waals surface area contributed by atoms with Crippen molar-refractivity contribution < 1.29 is 19.7 Å². The van der Waals surface area contributed by atoms with E-state index in [4.69, 9.17) is 21.3 Å². The number of rotatable bonds is 12. The smallest absolute Gasteiger partial charge is 0.303 e. The summed E-state index contributed by atoms with van der Waals surface area (Å²) in [5, 5.41) is 21.7. The second-order valence-corrected chi connectivity index (χ2v) is 12.9. The van der Waals surface area contributed by atoms with Gasteiger partial charge in [0.05, 0.1) is 28.5 Å². The van der Waals surface area contributed by atoms with Gasteiger partial charge in [-0.1, -0.05) is 72.3 Å². The minimum atomic E-state index is -1.04. The lowest BCUT2D eigenvalue weighted by Crippen LogP contribution is -2.19. The number of hydrogen-bond acceptors (Lipinski definition) is 5. The van der Waals surface area contributed by atoms with Crippen LogP contribution >= 0.6 is 23.4 Å². The van der Waals surface area contributed by atoms with Gasteiger partial charge in [-0.2, -0.15) is 0 Å². The van der Waals surface area contributed by atoms with E-state index in [1.807, 2.05) is 72.8 Å². The normalized spacial score (nSPS) is 15.2. The van der Waals surface area contributed by atoms with Gasteiger partial charge in [-0.25, -0.2) is 4.98 Å². The molecular weight excluding hydrogens is 554 g/mol. The first-order chi connectivity index (χ1) is 19.6. The van der Waals surface area contributed by atoms with Crippen LogP contribution in [0.15, 0.2) is 78.9 Å². The molecule has 1 saturated carbocycles. The van der Waals surface area contributed by atoms with Crippen molar-refractivity contribution in [3.05, 3.63) is 106 Å². The first-order valence-electron chi connectivity index (χ1n) is 13.7. The zero-order chi connectivity index (χ0) is 29.0. The summed E-state index contributed by atoms with van der Waals surface area (Å²) >= 11 is 7.90. The number of fused-ring (bicyclic) bond motifs is 1. The van der Waals surface area contributed by atoms with Gasteiger partial charge >= 0.3 is 5.97 Å². The molecule has 7 heteroatoms. The average Bonchev–Trinajstić information content (AvgIpc) is 3.70. The number of ether oxygens (including phenoxy) is 1. The Kier molecular flexibility index (Phi) is 8.74. The zero-order valence-electron chi connectivity index (χ0n) is 23.2. The summed E-state index contributed by atoms with van der Waals surface area (Å²) in [6.45, 7) is 3.89. The number of hydrogen-bond donors (Lipinski definition) is 2. The number of carboxylic acids is 1. The van der Waals surface area contributed by atoms with Crippen molar-refractivity contribution >= 4 is 52.4 Å². The summed E-state index contributed by atoms with van der Waals surface area (Å²) in [6.07, 6.45) is 6.11. The summed E-state index contributed by atoms with van der Waals surface area (Å²) < 4.78 is 6.33. The Hall–Kier alpha value is -3.32. The number of carbonyl (C=O) groups is 1. The maximum Gasteiger partial charge on any atom is 0.303 e. The van der Waals surface area contributed by atoms with Crippen molar-refractivity contribution in [1.82, 2.24) is 4.98 Å². The second-order valence-electron chi connectivity index (χ2n) is 11.3. The molecule has 41 heavy (non-hydrogen) atoms. The highest BCUT2D eigenvalue weighted by Gasteiger charge is 2.44. The Morgan fingerprint density at radius 2 is 1.85 bits per heavy atom. The second kappa shape index (κ2) is 12.3. The maximum atomic E-state index is 11.5. The van der Waals surface area contributed by atoms with Crippen LogP contribution in [0.25, 0.3) is 23.1 Å². The van der Waals surface area contributed by atoms with Crippen LogP contribution in [0.4, 0.5) is 0 Å². The number of para-hydroxylation sites is 1. The third-order valence-corrected chi connectivity index (χ3v) is 9.24. The van der Waals surface area contributed by atoms with Crippen molar-refractivity contribution in [2.75, 3.05) is 12.4 Å². The molecule has 1 aromatic heterocycles. The van der Waals surface area contributed by atoms with Gasteiger partial charge in [0.15, 0.2) is 0 Å². The fourth-order valence-corrected chi connectivity index (χ4v) is 6.51. The Morgan fingerprint density at radius 1 is 1.07 bits per heavy atom. The lowest BCUT2D eigenvalue weighted by atomic mass is 9.97. The van der Waals surface area contributed by atoms with Gasteiger partial charge < -0.3 is 14.9 Å². The summed E-state index contributed by atoms with van der Waals surface area (Å²) in [7, 11) is 0. The highest BCUT2D eigenvalue weighted by molar-refractivity contribution is 7.99. The molecule has 0 bridgehead atoms. The zero-order valence-corrected chi connectivity index (χ0v) is 24.8. The Bertz CT molecular complexity index is 1570. The molecule has 5 nitrogen and oxygen atoms in total. The topological polar surface area (TPSA) is 79.7 Å². The molecule has 2 N–H and O–H groups in total. The number of aromatic nitrogens is 1. The lowest BCUT2D eigenvalue weighted by Gasteiger charge is -2.25. The van der Waals surface area contributed by atoms with Crippen LogP contribution in [0.5, 0.6) is 5.75 Å². The van der Waals surface area contributed by atoms with E-state index in [0.717, 1.165) is 51.9 Å². The number of carboxylic acid groups (broad SMARTS) is 1. The van der Waals surface area contributed by atoms with E-state index in [1.54, 1.807) is 25.6 Å². The minimum Gasteiger partial charge on any atom is -0.492 e. The molecule has 4 aromatic rings. The van der Waals surface area contributed by atoms with Crippen LogP contribution in [-0.2, 0) is 10.4 Å². The van der Waals surface area contributed by atoms with E-state index in [1.165, 1.54) is 0 Å². The minimum absolute atomic E-state index is 0.0228. The molecule has 0 saturated heterocycles. The highest BCUT2D eigenvalue weighted by Crippen LogP contribution is 2.53. The third kappa shape index (κ3) is 7.70. The van der Waals surface area contributed by atoms with Crippen LogP contribution in [0, 0.1) is 5.41 Å². The van der Waals surface area contributed by atoms with Crippen LogP contribution in [0.3, 0.4) is 0 Å². The number of thioether (sulfide) groups is 1. The molecule has 0 amide bonds. The summed E-state index contributed by atoms with van der Waals surface area (Å²) in [4.78, 5) is 16.2. The molecule has 0 spiro atoms. The van der Waals surface area contributed by atoms with Crippen molar-refractivity contribution in [2.24, 2.45) is 5.41 Å². The number of nitrogens with zero attached hydrogens (tertiary/aromatic N) is 1. The van der Waals surface area contributed by atoms with Crippen molar-refractivity contribution in [1.29, 1.82) is 0 Å². The monoisotopic (exact) mass is 587 g/mol. The molecule has 1 unspecified atom stereocenters. The van der Waals surface area contributed by atoms with Gasteiger partial charge in [-0.05, 0) is 73.6 Å². The number of aliphatic hydroxyl groups is 1. The maximum absolute atomic E-state index is 11.5. The third-order valence-electron chi connectivity index (χ3n) is 7.42. The summed E-state index contributed by atoms with van der Waals surface area (Å²) in [5.41, 5.74) is 3.38. The van der Waals surface area contributed by atoms with Crippen LogP contribution in [0.2, 0.25) is 5.02 Å². The number of halogens is 1. The van der Waals surface area contributed by atoms with Gasteiger partial charge in [-0.15, -0.1) is 11.8 Å². The Morgan fingerprint density at radius 3 is 2.61 bits per heavy atom. The van der Waals surface area contributed by atoms with Crippen LogP contribution < -0.4 is 4.74 Å². The van der Waals surface area contributed by atoms with Crippen molar-refractivity contribution in [3.63, 3.8) is 0 Å². The first kappa shape index (κ1) is 29.2. The van der Waals surface area contributed by atoms with Gasteiger partial charge in [0, 0.05) is 21.7 Å². The fraction of sp³-hybridized carbons (Fsp3) is 0.294. The quantitative estimate of drug-likeness (QED) is 0.173. The van der Waals surface area contributed by atoms with Gasteiger partial charge in [0.25, 0.3) is 0 Å². The molecule has 212 valence electrons. The van der Waals surface area contributed by atoms with E-state index < -0.39 is 11.6 Å². The van der Waals surface area contributed by atoms with E-state index in [0.29, 0.717) is 17.4 Å². The Balaban J connectivity index is 1.37. The molecule has 1 aliphatic rings. The lowest BCUT2D eigenvalue weighted by molar-refractivity contribution is -0.138. The number of pyridine rings is 1. The molecule has 0 radical (unpaired) electrons. The molecule has 0 aliphatic heterocycles. The van der Waals surface area contributed by atoms with E-state index >= 15 is 0 Å². The molecule has 1 atom stereocenters. The van der Waals surface area contributed by atoms with Crippen molar-refractivity contribution in [2.45, 2.75) is 44.0 Å². The van der Waals surface area contributed by atoms with Gasteiger partial charge in [0.1, 0.15) is 12.4 Å². The van der Waals surface area contributed by atoms with Crippen molar-refractivity contribution in [3.8, 4) is 5.75 Å². The fourth-order valence-electron chi connectivity index (χ4n) is 4.89. The highest BCUT2D eigenvalue weighted by atomic mass is 35.5. The summed E-state index contributed by atoms with van der Waals surface area (Å²) in [5.74, 6) is 0.659. The van der Waals surface area contributed by atoms with Crippen LogP contribution in [-0.4, -0.2) is 33.5 Å². The molecule has 1 aliphatic carbocycles. The average molecular weight is 588 g/mol. The molecule has 1 fully saturated rings. The molecule has 1 heterocycles. The predicted molar refractivity (Wildman–Crippen MR) is 168 cm³/mol. The Labute approximate surface area is 250 Å². The molecule has 5 rings (SSSR count). The predicted octanol–water partition coefficient (Wildman–Crippen LogP) is 8.39. The van der Waals surface area contributed by atoms with Crippen LogP contribution in [0.1, 0.15) is 60.7 Å². The number of aliphatic carboxylic acids is 1. The molecular formula is C34H34ClNO4S. The number of benzene rings is 3. The molecule has 3 aromatic carbocycles. The summed E-state index contributed by atoms with van der Waals surface area (Å²) in [6, 6.07) is 25.6.